The molecule has 0 radical (unpaired) electrons. The van der Waals surface area contributed by atoms with Crippen molar-refractivity contribution in [3.8, 4) is 0 Å². The number of aliphatic imine (C=N–C) groups is 1. The molecule has 0 aromatic carbocycles. The second-order valence-electron chi connectivity index (χ2n) is 5.92. The van der Waals surface area contributed by atoms with Crippen LogP contribution < -0.4 is 5.32 Å². The van der Waals surface area contributed by atoms with Gasteiger partial charge in [-0.2, -0.15) is 0 Å². The first kappa shape index (κ1) is 22.5. The zero-order chi connectivity index (χ0) is 17.7. The van der Waals surface area contributed by atoms with Crippen LogP contribution in [0.1, 0.15) is 19.0 Å². The Kier molecular flexibility index (Phi) is 8.99. The van der Waals surface area contributed by atoms with Crippen molar-refractivity contribution in [1.82, 2.24) is 19.1 Å². The summed E-state index contributed by atoms with van der Waals surface area (Å²) in [5.41, 5.74) is 1.08. The van der Waals surface area contributed by atoms with Crippen LogP contribution in [0.5, 0.6) is 0 Å². The van der Waals surface area contributed by atoms with Gasteiger partial charge in [-0.25, -0.2) is 12.7 Å². The van der Waals surface area contributed by atoms with E-state index in [1.54, 1.807) is 0 Å². The lowest BCUT2D eigenvalue weighted by Gasteiger charge is -2.22. The second-order valence-corrected chi connectivity index (χ2v) is 8.45. The van der Waals surface area contributed by atoms with Crippen LogP contribution in [0.25, 0.3) is 0 Å². The predicted octanol–water partition coefficient (Wildman–Crippen LogP) is 1.73. The molecule has 2 heterocycles. The maximum absolute atomic E-state index is 11.8. The van der Waals surface area contributed by atoms with E-state index >= 15 is 0 Å². The highest BCUT2D eigenvalue weighted by atomic mass is 127. The van der Waals surface area contributed by atoms with Crippen molar-refractivity contribution in [1.29, 1.82) is 0 Å². The molecular formula is C15H27ClIN5O2S. The lowest BCUT2D eigenvalue weighted by Crippen LogP contribution is -2.39. The number of hydrogen-bond donors (Lipinski definition) is 1. The molecule has 0 aliphatic carbocycles. The van der Waals surface area contributed by atoms with Gasteiger partial charge in [-0.3, -0.25) is 4.99 Å². The van der Waals surface area contributed by atoms with Crippen LogP contribution in [0.2, 0.25) is 5.02 Å². The lowest BCUT2D eigenvalue weighted by molar-refractivity contribution is 0.442. The van der Waals surface area contributed by atoms with Crippen LogP contribution in [0.3, 0.4) is 0 Å². The van der Waals surface area contributed by atoms with Crippen LogP contribution in [-0.2, 0) is 23.6 Å². The van der Waals surface area contributed by atoms with Gasteiger partial charge in [0.15, 0.2) is 5.96 Å². The summed E-state index contributed by atoms with van der Waals surface area (Å²) < 4.78 is 27.1. The summed E-state index contributed by atoms with van der Waals surface area (Å²) in [7, 11) is 0.852. The molecule has 2 rings (SSSR count). The van der Waals surface area contributed by atoms with Crippen LogP contribution in [0.15, 0.2) is 17.3 Å². The van der Waals surface area contributed by atoms with Crippen molar-refractivity contribution in [3.05, 3.63) is 23.0 Å². The highest BCUT2D eigenvalue weighted by Crippen LogP contribution is 2.14. The number of sulfonamides is 1. The van der Waals surface area contributed by atoms with Crippen LogP contribution in [-0.4, -0.2) is 67.1 Å². The third-order valence-electron chi connectivity index (χ3n) is 3.98. The predicted molar refractivity (Wildman–Crippen MR) is 113 cm³/mol. The topological polar surface area (TPSA) is 69.9 Å². The Labute approximate surface area is 172 Å². The largest absolute Gasteiger partial charge is 0.357 e. The summed E-state index contributed by atoms with van der Waals surface area (Å²) in [6.45, 7) is 4.90. The van der Waals surface area contributed by atoms with E-state index in [1.807, 2.05) is 42.7 Å². The molecule has 25 heavy (non-hydrogen) atoms. The van der Waals surface area contributed by atoms with Crippen molar-refractivity contribution >= 4 is 51.6 Å². The fraction of sp³-hybridized carbons (Fsp3) is 0.667. The minimum atomic E-state index is -3.06. The van der Waals surface area contributed by atoms with Crippen molar-refractivity contribution in [2.75, 3.05) is 39.0 Å². The van der Waals surface area contributed by atoms with Crippen LogP contribution in [0.4, 0.5) is 0 Å². The van der Waals surface area contributed by atoms with Gasteiger partial charge in [-0.1, -0.05) is 11.6 Å². The Morgan fingerprint density at radius 2 is 2.20 bits per heavy atom. The first-order chi connectivity index (χ1) is 11.3. The molecule has 1 saturated heterocycles. The number of nitrogens with one attached hydrogen (secondary N) is 1. The van der Waals surface area contributed by atoms with Crippen molar-refractivity contribution in [3.63, 3.8) is 0 Å². The molecule has 10 heteroatoms. The minimum Gasteiger partial charge on any atom is -0.357 e. The number of hydrogen-bond acceptors (Lipinski definition) is 3. The fourth-order valence-corrected chi connectivity index (χ4v) is 4.51. The molecule has 1 aromatic heterocycles. The number of aromatic nitrogens is 1. The van der Waals surface area contributed by atoms with E-state index < -0.39 is 10.0 Å². The summed E-state index contributed by atoms with van der Waals surface area (Å²) in [6, 6.07) is 1.93. The van der Waals surface area contributed by atoms with E-state index in [9.17, 15) is 8.42 Å². The number of nitrogens with zero attached hydrogens (tertiary/aromatic N) is 4. The van der Waals surface area contributed by atoms with Gasteiger partial charge in [-0.05, 0) is 19.4 Å². The zero-order valence-corrected chi connectivity index (χ0v) is 18.8. The summed E-state index contributed by atoms with van der Waals surface area (Å²) in [6.07, 6.45) is 2.58. The Bertz CT molecular complexity index is 692. The molecule has 0 unspecified atom stereocenters. The Morgan fingerprint density at radius 3 is 2.72 bits per heavy atom. The molecule has 0 saturated carbocycles. The third-order valence-corrected chi connectivity index (χ3v) is 6.15. The summed E-state index contributed by atoms with van der Waals surface area (Å²) in [5, 5.41) is 3.95. The molecule has 1 aliphatic heterocycles. The molecule has 1 aliphatic rings. The van der Waals surface area contributed by atoms with Crippen LogP contribution in [0, 0.1) is 0 Å². The average molecular weight is 504 g/mol. The quantitative estimate of drug-likeness (QED) is 0.365. The Morgan fingerprint density at radius 1 is 1.48 bits per heavy atom. The molecule has 1 aromatic rings. The summed E-state index contributed by atoms with van der Waals surface area (Å²) in [5.74, 6) is 1.01. The van der Waals surface area contributed by atoms with Gasteiger partial charge in [0.2, 0.25) is 10.0 Å². The molecule has 1 N–H and O–H groups in total. The highest BCUT2D eigenvalue weighted by Gasteiger charge is 2.27. The van der Waals surface area contributed by atoms with E-state index in [0.717, 1.165) is 18.2 Å². The molecule has 0 atom stereocenters. The minimum absolute atomic E-state index is 0. The third kappa shape index (κ3) is 6.30. The standard InChI is InChI=1S/C15H26ClN5O2S.HI/c1-4-17-15(18-6-8-21-7-5-9-24(21,22)23)20(3)12-14-10-13(16)11-19(14)2;/h10-11H,4-9,12H2,1-3H3,(H,17,18);1H. The zero-order valence-electron chi connectivity index (χ0n) is 14.9. The van der Waals surface area contributed by atoms with E-state index in [4.69, 9.17) is 11.6 Å². The van der Waals surface area contributed by atoms with Gasteiger partial charge in [-0.15, -0.1) is 24.0 Å². The average Bonchev–Trinajstić information content (AvgIpc) is 2.99. The monoisotopic (exact) mass is 503 g/mol. The van der Waals surface area contributed by atoms with Gasteiger partial charge in [0.05, 0.1) is 23.9 Å². The first-order valence-electron chi connectivity index (χ1n) is 8.11. The molecular weight excluding hydrogens is 477 g/mol. The van der Waals surface area contributed by atoms with Crippen molar-refractivity contribution in [2.45, 2.75) is 19.9 Å². The van der Waals surface area contributed by atoms with Crippen molar-refractivity contribution in [2.24, 2.45) is 12.0 Å². The number of rotatable bonds is 6. The molecule has 0 amide bonds. The molecule has 144 valence electrons. The maximum Gasteiger partial charge on any atom is 0.214 e. The van der Waals surface area contributed by atoms with E-state index in [2.05, 4.69) is 10.3 Å². The smallest absolute Gasteiger partial charge is 0.214 e. The SMILES string of the molecule is CCNC(=NCCN1CCCS1(=O)=O)N(C)Cc1cc(Cl)cn1C.I. The Balaban J connectivity index is 0.00000312. The normalized spacial score (nSPS) is 17.4. The van der Waals surface area contributed by atoms with E-state index in [-0.39, 0.29) is 29.7 Å². The van der Waals surface area contributed by atoms with Gasteiger partial charge in [0.1, 0.15) is 0 Å². The number of guanidine groups is 1. The molecule has 1 fully saturated rings. The van der Waals surface area contributed by atoms with Gasteiger partial charge >= 0.3 is 0 Å². The molecule has 7 nitrogen and oxygen atoms in total. The second kappa shape index (κ2) is 9.98. The van der Waals surface area contributed by atoms with E-state index in [0.29, 0.717) is 37.6 Å². The number of aryl methyl sites for hydroxylation is 1. The summed E-state index contributed by atoms with van der Waals surface area (Å²) in [4.78, 5) is 6.57. The van der Waals surface area contributed by atoms with Gasteiger partial charge in [0.25, 0.3) is 0 Å². The van der Waals surface area contributed by atoms with Gasteiger partial charge in [0, 0.05) is 45.6 Å². The molecule has 0 bridgehead atoms. The van der Waals surface area contributed by atoms with Gasteiger partial charge < -0.3 is 14.8 Å². The van der Waals surface area contributed by atoms with Crippen LogP contribution >= 0.6 is 35.6 Å². The highest BCUT2D eigenvalue weighted by molar-refractivity contribution is 14.0. The summed E-state index contributed by atoms with van der Waals surface area (Å²) >= 11 is 6.03. The Hall–Kier alpha value is -0.520. The fourth-order valence-electron chi connectivity index (χ4n) is 2.72. The first-order valence-corrected chi connectivity index (χ1v) is 10.1. The molecule has 0 spiro atoms. The maximum atomic E-state index is 11.8. The van der Waals surface area contributed by atoms with E-state index in [1.165, 1.54) is 4.31 Å². The number of halogens is 2. The lowest BCUT2D eigenvalue weighted by atomic mass is 10.4. The van der Waals surface area contributed by atoms with Crippen molar-refractivity contribution < 1.29 is 8.42 Å².